The molecule has 44 heavy (non-hydrogen) atoms. The third-order valence-corrected chi connectivity index (χ3v) is 9.40. The van der Waals surface area contributed by atoms with Crippen molar-refractivity contribution in [2.24, 2.45) is 0 Å². The number of rotatable bonds is 2. The number of hydrogen-bond acceptors (Lipinski definition) is 3. The zero-order valence-electron chi connectivity index (χ0n) is 23.6. The molecular formula is C40H24N4. The summed E-state index contributed by atoms with van der Waals surface area (Å²) in [7, 11) is 0. The second-order valence-electron chi connectivity index (χ2n) is 11.6. The highest BCUT2D eigenvalue weighted by molar-refractivity contribution is 5.99. The SMILES string of the molecule is c1ccc(-c2nc(-c3cccc4nc5n(c34)-c3ccccc3C53c4ccccc4-c4ccccc43)nc3ccccc23)cc1. The predicted octanol–water partition coefficient (Wildman–Crippen LogP) is 8.98. The maximum atomic E-state index is 5.48. The van der Waals surface area contributed by atoms with Crippen LogP contribution in [-0.4, -0.2) is 19.5 Å². The molecule has 10 rings (SSSR count). The van der Waals surface area contributed by atoms with Crippen molar-refractivity contribution in [2.75, 3.05) is 0 Å². The van der Waals surface area contributed by atoms with Gasteiger partial charge in [0.15, 0.2) is 5.82 Å². The third-order valence-electron chi connectivity index (χ3n) is 9.40. The van der Waals surface area contributed by atoms with E-state index < -0.39 is 5.41 Å². The molecule has 0 saturated carbocycles. The minimum absolute atomic E-state index is 0.514. The smallest absolute Gasteiger partial charge is 0.162 e. The van der Waals surface area contributed by atoms with Gasteiger partial charge in [0, 0.05) is 16.5 Å². The molecule has 0 bridgehead atoms. The monoisotopic (exact) mass is 560 g/mol. The van der Waals surface area contributed by atoms with Gasteiger partial charge in [-0.05, 0) is 52.1 Å². The Hall–Kier alpha value is -5.87. The Kier molecular flexibility index (Phi) is 4.62. The van der Waals surface area contributed by atoms with Crippen molar-refractivity contribution in [3.8, 4) is 39.5 Å². The van der Waals surface area contributed by atoms with Gasteiger partial charge in [-0.2, -0.15) is 0 Å². The number of nitrogens with zero attached hydrogens (tertiary/aromatic N) is 4. The minimum Gasteiger partial charge on any atom is -0.294 e. The summed E-state index contributed by atoms with van der Waals surface area (Å²) in [5.74, 6) is 1.71. The van der Waals surface area contributed by atoms with Crippen LogP contribution in [0.25, 0.3) is 61.4 Å². The van der Waals surface area contributed by atoms with Crippen LogP contribution in [0.1, 0.15) is 22.5 Å². The summed E-state index contributed by atoms with van der Waals surface area (Å²) < 4.78 is 2.37. The standard InChI is InChI=1S/C40H24N4/c1-2-13-25(14-3-1)36-28-17-6-10-22-33(28)41-38(43-36)29-18-12-23-34-37(29)44-35-24-11-9-21-32(35)40(39(44)42-34)30-19-7-4-15-26(30)27-16-5-8-20-31(27)40/h1-24H. The van der Waals surface area contributed by atoms with E-state index in [4.69, 9.17) is 15.0 Å². The fraction of sp³-hybridized carbons (Fsp3) is 0.0250. The summed E-state index contributed by atoms with van der Waals surface area (Å²) in [5, 5.41) is 1.04. The van der Waals surface area contributed by atoms with Gasteiger partial charge in [0.25, 0.3) is 0 Å². The number of aromatic nitrogens is 4. The minimum atomic E-state index is -0.514. The van der Waals surface area contributed by atoms with E-state index in [1.54, 1.807) is 0 Å². The quantitative estimate of drug-likeness (QED) is 0.212. The van der Waals surface area contributed by atoms with Gasteiger partial charge in [0.05, 0.1) is 27.9 Å². The van der Waals surface area contributed by atoms with Crippen LogP contribution in [0.15, 0.2) is 146 Å². The average Bonchev–Trinajstić information content (AvgIpc) is 3.72. The topological polar surface area (TPSA) is 43.6 Å². The molecule has 4 nitrogen and oxygen atoms in total. The first-order valence-corrected chi connectivity index (χ1v) is 15.0. The van der Waals surface area contributed by atoms with E-state index in [1.807, 2.05) is 12.1 Å². The second kappa shape index (κ2) is 8.59. The molecule has 0 unspecified atom stereocenters. The molecular weight excluding hydrogens is 536 g/mol. The van der Waals surface area contributed by atoms with Crippen LogP contribution >= 0.6 is 0 Å². The first-order valence-electron chi connectivity index (χ1n) is 15.0. The summed E-state index contributed by atoms with van der Waals surface area (Å²) in [4.78, 5) is 15.9. The summed E-state index contributed by atoms with van der Waals surface area (Å²) >= 11 is 0. The lowest BCUT2D eigenvalue weighted by molar-refractivity contribution is 0.738. The Morgan fingerprint density at radius 1 is 0.455 bits per heavy atom. The second-order valence-corrected chi connectivity index (χ2v) is 11.6. The van der Waals surface area contributed by atoms with E-state index in [0.29, 0.717) is 5.82 Å². The first-order chi connectivity index (χ1) is 21.8. The number of fused-ring (bicyclic) bond motifs is 13. The number of hydrogen-bond donors (Lipinski definition) is 0. The molecule has 4 heteroatoms. The van der Waals surface area contributed by atoms with Crippen molar-refractivity contribution in [1.82, 2.24) is 19.5 Å². The molecule has 6 aromatic carbocycles. The summed E-state index contributed by atoms with van der Waals surface area (Å²) in [6.45, 7) is 0. The van der Waals surface area contributed by atoms with Gasteiger partial charge in [-0.3, -0.25) is 4.57 Å². The Labute approximate surface area is 254 Å². The Morgan fingerprint density at radius 3 is 1.86 bits per heavy atom. The van der Waals surface area contributed by atoms with E-state index in [2.05, 4.69) is 138 Å². The predicted molar refractivity (Wildman–Crippen MR) is 176 cm³/mol. The van der Waals surface area contributed by atoms with E-state index in [9.17, 15) is 0 Å². The zero-order valence-corrected chi connectivity index (χ0v) is 23.6. The Balaban J connectivity index is 1.33. The molecule has 0 amide bonds. The number of benzene rings is 6. The van der Waals surface area contributed by atoms with Crippen LogP contribution in [-0.2, 0) is 5.41 Å². The van der Waals surface area contributed by atoms with Gasteiger partial charge in [-0.15, -0.1) is 0 Å². The maximum Gasteiger partial charge on any atom is 0.162 e. The van der Waals surface area contributed by atoms with Crippen molar-refractivity contribution >= 4 is 21.9 Å². The van der Waals surface area contributed by atoms with Crippen molar-refractivity contribution < 1.29 is 0 Å². The van der Waals surface area contributed by atoms with Crippen LogP contribution in [0.5, 0.6) is 0 Å². The fourth-order valence-corrected chi connectivity index (χ4v) is 7.68. The molecule has 2 aliphatic rings. The molecule has 1 aliphatic carbocycles. The molecule has 3 heterocycles. The highest BCUT2D eigenvalue weighted by atomic mass is 15.1. The van der Waals surface area contributed by atoms with Crippen LogP contribution in [0.3, 0.4) is 0 Å². The average molecular weight is 561 g/mol. The summed E-state index contributed by atoms with van der Waals surface area (Å²) in [5.41, 5.74) is 12.8. The van der Waals surface area contributed by atoms with Crippen molar-refractivity contribution in [3.63, 3.8) is 0 Å². The summed E-state index contributed by atoms with van der Waals surface area (Å²) in [6.07, 6.45) is 0. The zero-order chi connectivity index (χ0) is 28.8. The molecule has 0 atom stereocenters. The van der Waals surface area contributed by atoms with E-state index in [0.717, 1.165) is 50.3 Å². The Morgan fingerprint density at radius 2 is 1.07 bits per heavy atom. The van der Waals surface area contributed by atoms with Gasteiger partial charge in [0.2, 0.25) is 0 Å². The van der Waals surface area contributed by atoms with Crippen LogP contribution in [0, 0.1) is 0 Å². The van der Waals surface area contributed by atoms with Gasteiger partial charge >= 0.3 is 0 Å². The molecule has 0 radical (unpaired) electrons. The molecule has 0 fully saturated rings. The van der Waals surface area contributed by atoms with Crippen LogP contribution < -0.4 is 0 Å². The van der Waals surface area contributed by atoms with E-state index in [1.165, 1.54) is 27.8 Å². The largest absolute Gasteiger partial charge is 0.294 e. The normalized spacial score (nSPS) is 13.6. The van der Waals surface area contributed by atoms with E-state index >= 15 is 0 Å². The molecule has 0 N–H and O–H groups in total. The van der Waals surface area contributed by atoms with Crippen molar-refractivity contribution in [2.45, 2.75) is 5.41 Å². The number of para-hydroxylation sites is 3. The van der Waals surface area contributed by atoms with Crippen LogP contribution in [0.2, 0.25) is 0 Å². The van der Waals surface area contributed by atoms with Gasteiger partial charge in [0.1, 0.15) is 11.2 Å². The highest BCUT2D eigenvalue weighted by Crippen LogP contribution is 2.60. The summed E-state index contributed by atoms with van der Waals surface area (Å²) in [6, 6.07) is 51.4. The first kappa shape index (κ1) is 23.7. The van der Waals surface area contributed by atoms with Gasteiger partial charge < -0.3 is 0 Å². The van der Waals surface area contributed by atoms with Gasteiger partial charge in [-0.1, -0.05) is 121 Å². The third kappa shape index (κ3) is 2.89. The lowest BCUT2D eigenvalue weighted by Crippen LogP contribution is -2.27. The molecule has 204 valence electrons. The fourth-order valence-electron chi connectivity index (χ4n) is 7.68. The molecule has 0 saturated heterocycles. The molecule has 1 aliphatic heterocycles. The molecule has 8 aromatic rings. The highest BCUT2D eigenvalue weighted by Gasteiger charge is 2.54. The van der Waals surface area contributed by atoms with Crippen LogP contribution in [0.4, 0.5) is 0 Å². The lowest BCUT2D eigenvalue weighted by atomic mass is 9.73. The molecule has 2 aromatic heterocycles. The van der Waals surface area contributed by atoms with E-state index in [-0.39, 0.29) is 0 Å². The lowest BCUT2D eigenvalue weighted by Gasteiger charge is -2.27. The number of imidazole rings is 1. The van der Waals surface area contributed by atoms with Crippen molar-refractivity contribution in [1.29, 1.82) is 0 Å². The maximum absolute atomic E-state index is 5.48. The molecule has 1 spiro atoms. The Bertz CT molecular complexity index is 2410. The van der Waals surface area contributed by atoms with Crippen molar-refractivity contribution in [3.05, 3.63) is 168 Å². The van der Waals surface area contributed by atoms with Gasteiger partial charge in [-0.25, -0.2) is 15.0 Å².